The smallest absolute Gasteiger partial charge is 0.314 e. The quantitative estimate of drug-likeness (QED) is 0.782. The largest absolute Gasteiger partial charge is 0.393 e. The van der Waals surface area contributed by atoms with Crippen molar-refractivity contribution in [1.29, 1.82) is 0 Å². The van der Waals surface area contributed by atoms with Gasteiger partial charge in [0.2, 0.25) is 0 Å². The summed E-state index contributed by atoms with van der Waals surface area (Å²) in [7, 11) is 0. The molecule has 0 aromatic heterocycles. The Labute approximate surface area is 138 Å². The highest BCUT2D eigenvalue weighted by Gasteiger charge is 2.22. The zero-order valence-electron chi connectivity index (χ0n) is 13.8. The Hall–Kier alpha value is -1.55. The van der Waals surface area contributed by atoms with E-state index in [0.717, 1.165) is 51.5 Å². The number of aliphatic hydroxyl groups is 1. The predicted octanol–water partition coefficient (Wildman–Crippen LogP) is 2.64. The van der Waals surface area contributed by atoms with Gasteiger partial charge in [0.15, 0.2) is 0 Å². The van der Waals surface area contributed by atoms with Crippen molar-refractivity contribution in [2.75, 3.05) is 13.1 Å². The normalized spacial score (nSPS) is 24.2. The molecule has 4 heteroatoms. The molecule has 1 aromatic carbocycles. The number of benzene rings is 1. The lowest BCUT2D eigenvalue weighted by atomic mass is 9.87. The van der Waals surface area contributed by atoms with Crippen LogP contribution in [0.4, 0.5) is 4.79 Å². The van der Waals surface area contributed by atoms with Crippen LogP contribution in [0, 0.1) is 11.8 Å². The van der Waals surface area contributed by atoms with Crippen LogP contribution in [0.25, 0.3) is 0 Å². The van der Waals surface area contributed by atoms with Crippen LogP contribution >= 0.6 is 0 Å². The van der Waals surface area contributed by atoms with Gasteiger partial charge in [0.1, 0.15) is 0 Å². The van der Waals surface area contributed by atoms with E-state index in [1.165, 1.54) is 11.1 Å². The SMILES string of the molecule is O=C(NCCC1Cc2ccccc2C1)NCC1CCCC(O)C1. The van der Waals surface area contributed by atoms with E-state index in [9.17, 15) is 9.90 Å². The molecule has 2 aliphatic carbocycles. The number of nitrogens with one attached hydrogen (secondary N) is 2. The molecular formula is C19H28N2O2. The van der Waals surface area contributed by atoms with Gasteiger partial charge in [0, 0.05) is 13.1 Å². The van der Waals surface area contributed by atoms with Gasteiger partial charge in [-0.15, -0.1) is 0 Å². The Morgan fingerprint density at radius 1 is 1.09 bits per heavy atom. The molecule has 2 atom stereocenters. The number of fused-ring (bicyclic) bond motifs is 1. The first-order valence-electron chi connectivity index (χ1n) is 8.97. The summed E-state index contributed by atoms with van der Waals surface area (Å²) >= 11 is 0. The van der Waals surface area contributed by atoms with Crippen LogP contribution in [0.3, 0.4) is 0 Å². The lowest BCUT2D eigenvalue weighted by Crippen LogP contribution is -2.40. The molecule has 3 N–H and O–H groups in total. The van der Waals surface area contributed by atoms with Crippen LogP contribution in [0.2, 0.25) is 0 Å². The lowest BCUT2D eigenvalue weighted by molar-refractivity contribution is 0.101. The van der Waals surface area contributed by atoms with E-state index in [0.29, 0.717) is 18.4 Å². The Morgan fingerprint density at radius 2 is 1.83 bits per heavy atom. The zero-order valence-corrected chi connectivity index (χ0v) is 13.8. The Morgan fingerprint density at radius 3 is 2.52 bits per heavy atom. The van der Waals surface area contributed by atoms with Crippen molar-refractivity contribution in [3.8, 4) is 0 Å². The summed E-state index contributed by atoms with van der Waals surface area (Å²) in [5.41, 5.74) is 2.94. The van der Waals surface area contributed by atoms with E-state index in [1.54, 1.807) is 0 Å². The fourth-order valence-corrected chi connectivity index (χ4v) is 3.99. The molecule has 2 unspecified atom stereocenters. The van der Waals surface area contributed by atoms with Crippen molar-refractivity contribution < 1.29 is 9.90 Å². The molecule has 0 spiro atoms. The van der Waals surface area contributed by atoms with Crippen molar-refractivity contribution in [3.05, 3.63) is 35.4 Å². The van der Waals surface area contributed by atoms with Gasteiger partial charge in [-0.3, -0.25) is 0 Å². The van der Waals surface area contributed by atoms with Crippen LogP contribution < -0.4 is 10.6 Å². The molecule has 0 bridgehead atoms. The summed E-state index contributed by atoms with van der Waals surface area (Å²) < 4.78 is 0. The van der Waals surface area contributed by atoms with E-state index >= 15 is 0 Å². The maximum Gasteiger partial charge on any atom is 0.314 e. The van der Waals surface area contributed by atoms with Gasteiger partial charge in [-0.25, -0.2) is 4.79 Å². The highest BCUT2D eigenvalue weighted by Crippen LogP contribution is 2.28. The fraction of sp³-hybridized carbons (Fsp3) is 0.632. The molecule has 1 aromatic rings. The summed E-state index contributed by atoms with van der Waals surface area (Å²) in [5.74, 6) is 1.08. The Balaban J connectivity index is 1.30. The first-order chi connectivity index (χ1) is 11.2. The van der Waals surface area contributed by atoms with Gasteiger partial charge >= 0.3 is 6.03 Å². The third-order valence-electron chi connectivity index (χ3n) is 5.28. The van der Waals surface area contributed by atoms with Gasteiger partial charge < -0.3 is 15.7 Å². The third kappa shape index (κ3) is 4.71. The predicted molar refractivity (Wildman–Crippen MR) is 91.3 cm³/mol. The van der Waals surface area contributed by atoms with Crippen molar-refractivity contribution in [2.45, 2.75) is 51.0 Å². The molecule has 23 heavy (non-hydrogen) atoms. The molecular weight excluding hydrogens is 288 g/mol. The molecule has 1 fully saturated rings. The van der Waals surface area contributed by atoms with Crippen molar-refractivity contribution in [3.63, 3.8) is 0 Å². The number of aliphatic hydroxyl groups excluding tert-OH is 1. The average Bonchev–Trinajstić information content (AvgIpc) is 2.96. The molecule has 2 amide bonds. The molecule has 1 saturated carbocycles. The monoisotopic (exact) mass is 316 g/mol. The average molecular weight is 316 g/mol. The minimum absolute atomic E-state index is 0.0689. The number of carbonyl (C=O) groups excluding carboxylic acids is 1. The number of carbonyl (C=O) groups is 1. The minimum atomic E-state index is -0.178. The summed E-state index contributed by atoms with van der Waals surface area (Å²) in [6.07, 6.45) is 7.04. The highest BCUT2D eigenvalue weighted by molar-refractivity contribution is 5.73. The Kier molecular flexibility index (Phi) is 5.55. The van der Waals surface area contributed by atoms with Crippen LogP contribution in [-0.4, -0.2) is 30.3 Å². The van der Waals surface area contributed by atoms with Crippen LogP contribution in [0.15, 0.2) is 24.3 Å². The molecule has 2 aliphatic rings. The molecule has 0 saturated heterocycles. The van der Waals surface area contributed by atoms with E-state index in [-0.39, 0.29) is 12.1 Å². The first-order valence-corrected chi connectivity index (χ1v) is 8.97. The number of hydrogen-bond acceptors (Lipinski definition) is 2. The molecule has 3 rings (SSSR count). The molecule has 4 nitrogen and oxygen atoms in total. The summed E-state index contributed by atoms with van der Waals surface area (Å²) in [5, 5.41) is 15.6. The van der Waals surface area contributed by atoms with Gasteiger partial charge in [-0.05, 0) is 61.5 Å². The number of hydrogen-bond donors (Lipinski definition) is 3. The van der Waals surface area contributed by atoms with Crippen molar-refractivity contribution >= 4 is 6.03 Å². The molecule has 0 aliphatic heterocycles. The zero-order chi connectivity index (χ0) is 16.1. The van der Waals surface area contributed by atoms with E-state index < -0.39 is 0 Å². The van der Waals surface area contributed by atoms with Crippen LogP contribution in [-0.2, 0) is 12.8 Å². The maximum absolute atomic E-state index is 11.9. The standard InChI is InChI=1S/C19H28N2O2/c22-18-7-3-4-15(12-18)13-21-19(23)20-9-8-14-10-16-5-1-2-6-17(16)11-14/h1-2,5-6,14-15,18,22H,3-4,7-13H2,(H2,20,21,23). The number of urea groups is 1. The van der Waals surface area contributed by atoms with Gasteiger partial charge in [0.25, 0.3) is 0 Å². The van der Waals surface area contributed by atoms with E-state index in [1.807, 2.05) is 0 Å². The van der Waals surface area contributed by atoms with E-state index in [2.05, 4.69) is 34.9 Å². The summed E-state index contributed by atoms with van der Waals surface area (Å²) in [6.45, 7) is 1.41. The van der Waals surface area contributed by atoms with Gasteiger partial charge in [-0.1, -0.05) is 30.7 Å². The number of rotatable bonds is 5. The van der Waals surface area contributed by atoms with Crippen LogP contribution in [0.1, 0.15) is 43.2 Å². The van der Waals surface area contributed by atoms with Crippen molar-refractivity contribution in [2.24, 2.45) is 11.8 Å². The first kappa shape index (κ1) is 16.3. The maximum atomic E-state index is 11.9. The third-order valence-corrected chi connectivity index (χ3v) is 5.28. The van der Waals surface area contributed by atoms with Crippen molar-refractivity contribution in [1.82, 2.24) is 10.6 Å². The molecule has 126 valence electrons. The summed E-state index contributed by atoms with van der Waals surface area (Å²) in [6, 6.07) is 8.58. The van der Waals surface area contributed by atoms with Gasteiger partial charge in [-0.2, -0.15) is 0 Å². The van der Waals surface area contributed by atoms with E-state index in [4.69, 9.17) is 0 Å². The second-order valence-corrected chi connectivity index (χ2v) is 7.15. The summed E-state index contributed by atoms with van der Waals surface area (Å²) in [4.78, 5) is 11.9. The van der Waals surface area contributed by atoms with Gasteiger partial charge in [0.05, 0.1) is 6.10 Å². The topological polar surface area (TPSA) is 61.4 Å². The lowest BCUT2D eigenvalue weighted by Gasteiger charge is -2.25. The minimum Gasteiger partial charge on any atom is -0.393 e. The fourth-order valence-electron chi connectivity index (χ4n) is 3.99. The highest BCUT2D eigenvalue weighted by atomic mass is 16.3. The second-order valence-electron chi connectivity index (χ2n) is 7.15. The molecule has 0 radical (unpaired) electrons. The number of amides is 2. The Bertz CT molecular complexity index is 507. The molecule has 0 heterocycles. The van der Waals surface area contributed by atoms with Crippen LogP contribution in [0.5, 0.6) is 0 Å². The second kappa shape index (κ2) is 7.82.